The third kappa shape index (κ3) is 1.17. The van der Waals surface area contributed by atoms with Crippen LogP contribution < -0.4 is 5.73 Å². The predicted molar refractivity (Wildman–Crippen MR) is 50.7 cm³/mol. The summed E-state index contributed by atoms with van der Waals surface area (Å²) in [7, 11) is 0. The predicted octanol–water partition coefficient (Wildman–Crippen LogP) is 1.38. The summed E-state index contributed by atoms with van der Waals surface area (Å²) in [6.45, 7) is 9.47. The summed E-state index contributed by atoms with van der Waals surface area (Å²) in [5.41, 5.74) is 5.97. The van der Waals surface area contributed by atoms with Crippen molar-refractivity contribution in [2.75, 3.05) is 6.54 Å². The molecule has 0 aromatic carbocycles. The van der Waals surface area contributed by atoms with E-state index in [0.29, 0.717) is 12.5 Å². The molecular formula is C10H21NO. The SMILES string of the molecule is CC1(C)C([C@@H](O)CCN)C1(C)C. The molecule has 1 fully saturated rings. The minimum absolute atomic E-state index is 0.208. The molecule has 1 saturated carbocycles. The lowest BCUT2D eigenvalue weighted by atomic mass is 10.0. The molecule has 3 N–H and O–H groups in total. The van der Waals surface area contributed by atoms with E-state index in [4.69, 9.17) is 5.73 Å². The van der Waals surface area contributed by atoms with Gasteiger partial charge in [0.05, 0.1) is 6.10 Å². The lowest BCUT2D eigenvalue weighted by Crippen LogP contribution is -2.18. The third-order valence-electron chi connectivity index (χ3n) is 3.98. The van der Waals surface area contributed by atoms with Gasteiger partial charge in [-0.2, -0.15) is 0 Å². The van der Waals surface area contributed by atoms with Gasteiger partial charge in [0, 0.05) is 0 Å². The molecule has 0 heterocycles. The number of rotatable bonds is 3. The molecule has 2 nitrogen and oxygen atoms in total. The molecular weight excluding hydrogens is 150 g/mol. The molecule has 0 spiro atoms. The van der Waals surface area contributed by atoms with Crippen LogP contribution >= 0.6 is 0 Å². The topological polar surface area (TPSA) is 46.2 Å². The van der Waals surface area contributed by atoms with Crippen LogP contribution in [0.5, 0.6) is 0 Å². The van der Waals surface area contributed by atoms with Crippen molar-refractivity contribution in [3.8, 4) is 0 Å². The van der Waals surface area contributed by atoms with E-state index in [1.807, 2.05) is 0 Å². The van der Waals surface area contributed by atoms with E-state index in [1.165, 1.54) is 0 Å². The minimum Gasteiger partial charge on any atom is -0.393 e. The van der Waals surface area contributed by atoms with Gasteiger partial charge in [0.2, 0.25) is 0 Å². The summed E-state index contributed by atoms with van der Waals surface area (Å²) in [4.78, 5) is 0. The fraction of sp³-hybridized carbons (Fsp3) is 1.00. The van der Waals surface area contributed by atoms with Crippen LogP contribution in [0.4, 0.5) is 0 Å². The summed E-state index contributed by atoms with van der Waals surface area (Å²) in [5, 5.41) is 9.78. The van der Waals surface area contributed by atoms with Crippen molar-refractivity contribution in [1.29, 1.82) is 0 Å². The van der Waals surface area contributed by atoms with E-state index < -0.39 is 0 Å². The van der Waals surface area contributed by atoms with E-state index in [2.05, 4.69) is 27.7 Å². The maximum atomic E-state index is 9.78. The summed E-state index contributed by atoms with van der Waals surface area (Å²) in [6.07, 6.45) is 0.525. The van der Waals surface area contributed by atoms with Gasteiger partial charge < -0.3 is 10.8 Å². The highest BCUT2D eigenvalue weighted by Crippen LogP contribution is 2.69. The molecule has 0 bridgehead atoms. The largest absolute Gasteiger partial charge is 0.393 e. The molecule has 0 saturated heterocycles. The first kappa shape index (κ1) is 10.0. The van der Waals surface area contributed by atoms with Gasteiger partial charge in [0.15, 0.2) is 0 Å². The maximum absolute atomic E-state index is 9.78. The number of aliphatic hydroxyl groups is 1. The first-order valence-electron chi connectivity index (χ1n) is 4.74. The van der Waals surface area contributed by atoms with Crippen molar-refractivity contribution in [2.45, 2.75) is 40.2 Å². The number of aliphatic hydroxyl groups excluding tert-OH is 1. The summed E-state index contributed by atoms with van der Waals surface area (Å²) < 4.78 is 0. The maximum Gasteiger partial charge on any atom is 0.0591 e. The standard InChI is InChI=1S/C10H21NO/c1-9(2)8(10(9,3)4)7(12)5-6-11/h7-8,12H,5-6,11H2,1-4H3/t7-/m0/s1. The van der Waals surface area contributed by atoms with Crippen molar-refractivity contribution < 1.29 is 5.11 Å². The Labute approximate surface area is 75.2 Å². The molecule has 0 radical (unpaired) electrons. The Balaban J connectivity index is 2.58. The Morgan fingerprint density at radius 1 is 1.25 bits per heavy atom. The van der Waals surface area contributed by atoms with Gasteiger partial charge >= 0.3 is 0 Å². The van der Waals surface area contributed by atoms with Crippen molar-refractivity contribution in [3.05, 3.63) is 0 Å². The van der Waals surface area contributed by atoms with Crippen LogP contribution in [0.3, 0.4) is 0 Å². The second-order valence-corrected chi connectivity index (χ2v) is 5.07. The fourth-order valence-electron chi connectivity index (χ4n) is 2.55. The van der Waals surface area contributed by atoms with Crippen LogP contribution in [-0.4, -0.2) is 17.8 Å². The van der Waals surface area contributed by atoms with Gasteiger partial charge in [-0.05, 0) is 29.7 Å². The van der Waals surface area contributed by atoms with Gasteiger partial charge in [-0.25, -0.2) is 0 Å². The molecule has 0 amide bonds. The van der Waals surface area contributed by atoms with Crippen LogP contribution in [0, 0.1) is 16.7 Å². The van der Waals surface area contributed by atoms with E-state index in [9.17, 15) is 5.11 Å². The monoisotopic (exact) mass is 171 g/mol. The van der Waals surface area contributed by atoms with E-state index in [1.54, 1.807) is 0 Å². The first-order chi connectivity index (χ1) is 5.35. The lowest BCUT2D eigenvalue weighted by Gasteiger charge is -2.10. The van der Waals surface area contributed by atoms with Crippen LogP contribution in [0.1, 0.15) is 34.1 Å². The number of nitrogens with two attached hydrogens (primary N) is 1. The second-order valence-electron chi connectivity index (χ2n) is 5.07. The first-order valence-corrected chi connectivity index (χ1v) is 4.74. The average molecular weight is 171 g/mol. The summed E-state index contributed by atoms with van der Waals surface area (Å²) in [6, 6.07) is 0. The van der Waals surface area contributed by atoms with Crippen molar-refractivity contribution in [1.82, 2.24) is 0 Å². The molecule has 0 aliphatic heterocycles. The molecule has 1 atom stereocenters. The van der Waals surface area contributed by atoms with Crippen molar-refractivity contribution in [2.24, 2.45) is 22.5 Å². The van der Waals surface area contributed by atoms with Gasteiger partial charge in [-0.3, -0.25) is 0 Å². The Bertz CT molecular complexity index is 161. The zero-order valence-corrected chi connectivity index (χ0v) is 8.59. The highest BCUT2D eigenvalue weighted by Gasteiger charge is 2.66. The molecule has 0 unspecified atom stereocenters. The fourth-order valence-corrected chi connectivity index (χ4v) is 2.55. The molecule has 0 aromatic rings. The van der Waals surface area contributed by atoms with Crippen molar-refractivity contribution >= 4 is 0 Å². The van der Waals surface area contributed by atoms with Crippen LogP contribution in [0.25, 0.3) is 0 Å². The van der Waals surface area contributed by atoms with Gasteiger partial charge in [-0.1, -0.05) is 27.7 Å². The van der Waals surface area contributed by atoms with Crippen molar-refractivity contribution in [3.63, 3.8) is 0 Å². The Morgan fingerprint density at radius 3 is 1.92 bits per heavy atom. The Kier molecular flexibility index (Phi) is 2.26. The molecule has 1 aliphatic rings. The smallest absolute Gasteiger partial charge is 0.0591 e. The second kappa shape index (κ2) is 2.71. The molecule has 2 heteroatoms. The minimum atomic E-state index is -0.208. The molecule has 0 aromatic heterocycles. The summed E-state index contributed by atoms with van der Waals surface area (Å²) in [5.74, 6) is 0.425. The normalized spacial score (nSPS) is 28.5. The van der Waals surface area contributed by atoms with Gasteiger partial charge in [-0.15, -0.1) is 0 Å². The lowest BCUT2D eigenvalue weighted by molar-refractivity contribution is 0.122. The highest BCUT2D eigenvalue weighted by atomic mass is 16.3. The Morgan fingerprint density at radius 2 is 1.67 bits per heavy atom. The zero-order valence-electron chi connectivity index (χ0n) is 8.59. The van der Waals surface area contributed by atoms with Gasteiger partial charge in [0.1, 0.15) is 0 Å². The zero-order chi connectivity index (χ0) is 9.57. The quantitative estimate of drug-likeness (QED) is 0.674. The van der Waals surface area contributed by atoms with Crippen LogP contribution in [-0.2, 0) is 0 Å². The third-order valence-corrected chi connectivity index (χ3v) is 3.98. The number of hydrogen-bond acceptors (Lipinski definition) is 2. The van der Waals surface area contributed by atoms with Gasteiger partial charge in [0.25, 0.3) is 0 Å². The van der Waals surface area contributed by atoms with E-state index in [-0.39, 0.29) is 16.9 Å². The Hall–Kier alpha value is -0.0800. The summed E-state index contributed by atoms with van der Waals surface area (Å²) >= 11 is 0. The van der Waals surface area contributed by atoms with Crippen LogP contribution in [0.15, 0.2) is 0 Å². The molecule has 1 rings (SSSR count). The molecule has 12 heavy (non-hydrogen) atoms. The molecule has 1 aliphatic carbocycles. The highest BCUT2D eigenvalue weighted by molar-refractivity contribution is 5.14. The van der Waals surface area contributed by atoms with Crippen LogP contribution in [0.2, 0.25) is 0 Å². The van der Waals surface area contributed by atoms with E-state index >= 15 is 0 Å². The average Bonchev–Trinajstić information content (AvgIpc) is 2.24. The molecule has 72 valence electrons. The number of hydrogen-bond donors (Lipinski definition) is 2. The van der Waals surface area contributed by atoms with E-state index in [0.717, 1.165) is 6.42 Å².